The first kappa shape index (κ1) is 20.2. The van der Waals surface area contributed by atoms with E-state index in [9.17, 15) is 0 Å². The molecule has 0 aliphatic carbocycles. The topological polar surface area (TPSA) is 18.5 Å². The largest absolute Gasteiger partial charge is 0.370 e. The van der Waals surface area contributed by atoms with Crippen molar-refractivity contribution in [2.45, 2.75) is 51.4 Å². The van der Waals surface area contributed by atoms with Crippen LogP contribution in [0.5, 0.6) is 0 Å². The lowest BCUT2D eigenvalue weighted by molar-refractivity contribution is -0.917. The predicted molar refractivity (Wildman–Crippen MR) is 100 cm³/mol. The van der Waals surface area contributed by atoms with Crippen LogP contribution in [0.3, 0.4) is 0 Å². The summed E-state index contributed by atoms with van der Waals surface area (Å²) < 4.78 is 13.4. The maximum absolute atomic E-state index is 5.48. The summed E-state index contributed by atoms with van der Waals surface area (Å²) in [5, 5.41) is 0. The van der Waals surface area contributed by atoms with E-state index in [1.807, 2.05) is 0 Å². The lowest BCUT2D eigenvalue weighted by Gasteiger charge is -2.37. The monoisotopic (exact) mass is 342 g/mol. The van der Waals surface area contributed by atoms with Crippen LogP contribution in [0.15, 0.2) is 0 Å². The van der Waals surface area contributed by atoms with Gasteiger partial charge in [0.25, 0.3) is 0 Å². The molecule has 142 valence electrons. The quantitative estimate of drug-likeness (QED) is 0.424. The summed E-state index contributed by atoms with van der Waals surface area (Å²) in [6.07, 6.45) is 11.4. The van der Waals surface area contributed by atoms with Crippen LogP contribution in [0.4, 0.5) is 0 Å². The Labute approximate surface area is 150 Å². The Morgan fingerprint density at radius 1 is 0.500 bits per heavy atom. The zero-order valence-electron chi connectivity index (χ0n) is 16.4. The van der Waals surface area contributed by atoms with Gasteiger partial charge >= 0.3 is 0 Å². The second-order valence-electron chi connectivity index (χ2n) is 8.63. The maximum atomic E-state index is 5.48. The van der Waals surface area contributed by atoms with Gasteiger partial charge in [-0.05, 0) is 25.7 Å². The minimum atomic E-state index is 0.960. The summed E-state index contributed by atoms with van der Waals surface area (Å²) >= 11 is 0. The molecule has 0 N–H and O–H groups in total. The summed E-state index contributed by atoms with van der Waals surface area (Å²) in [4.78, 5) is 0. The third kappa shape index (κ3) is 7.81. The van der Waals surface area contributed by atoms with Crippen LogP contribution in [0, 0.1) is 0 Å². The van der Waals surface area contributed by atoms with Gasteiger partial charge in [0.15, 0.2) is 0 Å². The standard InChI is InChI=1S/C20H42N2O2/c1-21(13-17-23-18-14-21)11-9-7-5-3-4-6-8-10-12-22(2)15-19-24-20-16-22/h3-20H2,1-2H3/q+2. The highest BCUT2D eigenvalue weighted by Crippen LogP contribution is 2.14. The molecule has 0 aromatic heterocycles. The average molecular weight is 343 g/mol. The van der Waals surface area contributed by atoms with E-state index in [2.05, 4.69) is 14.1 Å². The van der Waals surface area contributed by atoms with Gasteiger partial charge in [0.1, 0.15) is 26.2 Å². The highest BCUT2D eigenvalue weighted by Gasteiger charge is 2.25. The first-order chi connectivity index (χ1) is 11.6. The van der Waals surface area contributed by atoms with E-state index in [1.165, 1.54) is 99.6 Å². The van der Waals surface area contributed by atoms with Gasteiger partial charge in [0.2, 0.25) is 0 Å². The highest BCUT2D eigenvalue weighted by molar-refractivity contribution is 4.52. The van der Waals surface area contributed by atoms with Gasteiger partial charge in [-0.15, -0.1) is 0 Å². The number of hydrogen-bond donors (Lipinski definition) is 0. The molecule has 0 spiro atoms. The molecule has 2 fully saturated rings. The third-order valence-electron chi connectivity index (χ3n) is 6.25. The Morgan fingerprint density at radius 3 is 1.12 bits per heavy atom. The van der Waals surface area contributed by atoms with Gasteiger partial charge in [-0.25, -0.2) is 0 Å². The van der Waals surface area contributed by atoms with E-state index in [1.54, 1.807) is 0 Å². The SMILES string of the molecule is C[N+]1(CCCCCCCCCC[N+]2(C)CCOCC2)CCOCC1. The molecule has 0 bridgehead atoms. The van der Waals surface area contributed by atoms with E-state index in [-0.39, 0.29) is 0 Å². The summed E-state index contributed by atoms with van der Waals surface area (Å²) in [6, 6.07) is 0. The van der Waals surface area contributed by atoms with Gasteiger partial charge in [0, 0.05) is 0 Å². The minimum absolute atomic E-state index is 0.960. The van der Waals surface area contributed by atoms with Gasteiger partial charge in [-0.1, -0.05) is 25.7 Å². The number of rotatable bonds is 11. The number of morpholine rings is 2. The van der Waals surface area contributed by atoms with E-state index in [0.29, 0.717) is 0 Å². The smallest absolute Gasteiger partial charge is 0.102 e. The van der Waals surface area contributed by atoms with Crippen molar-refractivity contribution in [1.29, 1.82) is 0 Å². The number of unbranched alkanes of at least 4 members (excludes halogenated alkanes) is 7. The van der Waals surface area contributed by atoms with E-state index in [4.69, 9.17) is 9.47 Å². The molecule has 0 amide bonds. The van der Waals surface area contributed by atoms with Crippen LogP contribution in [-0.2, 0) is 9.47 Å². The van der Waals surface area contributed by atoms with E-state index >= 15 is 0 Å². The first-order valence-electron chi connectivity index (χ1n) is 10.4. The number of nitrogens with zero attached hydrogens (tertiary/aromatic N) is 2. The molecule has 2 saturated heterocycles. The second-order valence-corrected chi connectivity index (χ2v) is 8.63. The molecule has 0 saturated carbocycles. The average Bonchev–Trinajstić information content (AvgIpc) is 2.58. The van der Waals surface area contributed by atoms with Gasteiger partial charge in [-0.3, -0.25) is 0 Å². The first-order valence-corrected chi connectivity index (χ1v) is 10.4. The molecule has 0 atom stereocenters. The molecule has 0 aromatic rings. The summed E-state index contributed by atoms with van der Waals surface area (Å²) in [5.41, 5.74) is 0. The lowest BCUT2D eigenvalue weighted by atomic mass is 10.1. The zero-order chi connectivity index (χ0) is 17.1. The van der Waals surface area contributed by atoms with Crippen LogP contribution in [-0.4, -0.2) is 88.8 Å². The molecule has 0 unspecified atom stereocenters. The summed E-state index contributed by atoms with van der Waals surface area (Å²) in [6.45, 7) is 11.4. The summed E-state index contributed by atoms with van der Waals surface area (Å²) in [5.74, 6) is 0. The normalized spacial score (nSPS) is 23.2. The minimum Gasteiger partial charge on any atom is -0.370 e. The molecule has 4 nitrogen and oxygen atoms in total. The van der Waals surface area contributed by atoms with Crippen molar-refractivity contribution >= 4 is 0 Å². The number of hydrogen-bond acceptors (Lipinski definition) is 2. The number of quaternary nitrogens is 2. The van der Waals surface area contributed by atoms with Gasteiger partial charge in [0.05, 0.1) is 53.6 Å². The van der Waals surface area contributed by atoms with Crippen molar-refractivity contribution in [3.63, 3.8) is 0 Å². The Bertz CT molecular complexity index is 292. The Hall–Kier alpha value is -0.160. The van der Waals surface area contributed by atoms with Crippen molar-refractivity contribution in [3.05, 3.63) is 0 Å². The van der Waals surface area contributed by atoms with Crippen LogP contribution < -0.4 is 0 Å². The van der Waals surface area contributed by atoms with Crippen molar-refractivity contribution in [2.75, 3.05) is 79.8 Å². The molecule has 0 radical (unpaired) electrons. The van der Waals surface area contributed by atoms with Crippen LogP contribution in [0.1, 0.15) is 51.4 Å². The van der Waals surface area contributed by atoms with Crippen LogP contribution in [0.2, 0.25) is 0 Å². The molecule has 2 aliphatic heterocycles. The molecule has 2 aliphatic rings. The molecule has 0 aromatic carbocycles. The fourth-order valence-corrected chi connectivity index (χ4v) is 4.06. The number of ether oxygens (including phenoxy) is 2. The lowest BCUT2D eigenvalue weighted by Crippen LogP contribution is -2.52. The molecular formula is C20H42N2O2+2. The van der Waals surface area contributed by atoms with Crippen molar-refractivity contribution in [3.8, 4) is 0 Å². The molecule has 2 rings (SSSR count). The maximum Gasteiger partial charge on any atom is 0.102 e. The van der Waals surface area contributed by atoms with E-state index < -0.39 is 0 Å². The number of likely N-dealkylation sites (N-methyl/N-ethyl adjacent to an activating group) is 2. The van der Waals surface area contributed by atoms with Gasteiger partial charge in [-0.2, -0.15) is 0 Å². The Morgan fingerprint density at radius 2 is 0.792 bits per heavy atom. The fraction of sp³-hybridized carbons (Fsp3) is 1.00. The summed E-state index contributed by atoms with van der Waals surface area (Å²) in [7, 11) is 4.81. The Balaban J connectivity index is 1.36. The second kappa shape index (κ2) is 10.7. The van der Waals surface area contributed by atoms with Crippen molar-refractivity contribution in [2.24, 2.45) is 0 Å². The molecule has 2 heterocycles. The molecule has 4 heteroatoms. The third-order valence-corrected chi connectivity index (χ3v) is 6.25. The highest BCUT2D eigenvalue weighted by atomic mass is 16.5. The van der Waals surface area contributed by atoms with Crippen LogP contribution >= 0.6 is 0 Å². The zero-order valence-corrected chi connectivity index (χ0v) is 16.4. The Kier molecular flexibility index (Phi) is 9.02. The van der Waals surface area contributed by atoms with Crippen LogP contribution in [0.25, 0.3) is 0 Å². The fourth-order valence-electron chi connectivity index (χ4n) is 4.06. The predicted octanol–water partition coefficient (Wildman–Crippen LogP) is 3.06. The van der Waals surface area contributed by atoms with Crippen molar-refractivity contribution < 1.29 is 18.4 Å². The molecule has 24 heavy (non-hydrogen) atoms. The van der Waals surface area contributed by atoms with E-state index in [0.717, 1.165) is 26.4 Å². The van der Waals surface area contributed by atoms with Gasteiger partial charge < -0.3 is 18.4 Å². The molecular weight excluding hydrogens is 300 g/mol. The van der Waals surface area contributed by atoms with Crippen molar-refractivity contribution in [1.82, 2.24) is 0 Å².